The Kier molecular flexibility index (Phi) is 4.89. The minimum Gasteiger partial charge on any atom is -0.370 e. The van der Waals surface area contributed by atoms with E-state index >= 15 is 0 Å². The van der Waals surface area contributed by atoms with E-state index in [1.54, 1.807) is 25.3 Å². The van der Waals surface area contributed by atoms with Crippen LogP contribution in [-0.2, 0) is 4.79 Å². The van der Waals surface area contributed by atoms with Gasteiger partial charge >= 0.3 is 0 Å². The largest absolute Gasteiger partial charge is 0.370 e. The van der Waals surface area contributed by atoms with Crippen LogP contribution >= 0.6 is 0 Å². The summed E-state index contributed by atoms with van der Waals surface area (Å²) in [6, 6.07) is 2.31. The maximum absolute atomic E-state index is 11.4. The molecule has 20 heavy (non-hydrogen) atoms. The molecule has 3 N–H and O–H groups in total. The average molecular weight is 277 g/mol. The highest BCUT2D eigenvalue weighted by Crippen LogP contribution is 2.34. The number of hydrogen-bond acceptors (Lipinski definition) is 5. The second-order valence-corrected chi connectivity index (χ2v) is 5.58. The molecule has 1 aromatic heterocycles. The molecule has 0 aromatic carbocycles. The van der Waals surface area contributed by atoms with E-state index in [-0.39, 0.29) is 5.91 Å². The number of amides is 1. The Labute approximate surface area is 119 Å². The zero-order valence-corrected chi connectivity index (χ0v) is 12.2. The lowest BCUT2D eigenvalue weighted by Gasteiger charge is -2.31. The molecule has 1 aliphatic carbocycles. The van der Waals surface area contributed by atoms with Gasteiger partial charge in [-0.15, -0.1) is 0 Å². The SMILES string of the molecule is CN(C)C(=O)CCCNc1cc(C2CC(N)C2)ncn1. The van der Waals surface area contributed by atoms with Gasteiger partial charge in [-0.2, -0.15) is 0 Å². The van der Waals surface area contributed by atoms with Crippen LogP contribution in [0.15, 0.2) is 12.4 Å². The molecule has 1 fully saturated rings. The van der Waals surface area contributed by atoms with Crippen molar-refractivity contribution >= 4 is 11.7 Å². The average Bonchev–Trinajstić information content (AvgIpc) is 2.40. The number of carbonyl (C=O) groups is 1. The summed E-state index contributed by atoms with van der Waals surface area (Å²) in [5.74, 6) is 1.45. The zero-order valence-electron chi connectivity index (χ0n) is 12.2. The summed E-state index contributed by atoms with van der Waals surface area (Å²) in [5.41, 5.74) is 6.86. The van der Waals surface area contributed by atoms with Crippen molar-refractivity contribution in [3.05, 3.63) is 18.1 Å². The van der Waals surface area contributed by atoms with Gasteiger partial charge in [0.1, 0.15) is 12.1 Å². The van der Waals surface area contributed by atoms with Gasteiger partial charge in [0.25, 0.3) is 0 Å². The fourth-order valence-electron chi connectivity index (χ4n) is 2.28. The van der Waals surface area contributed by atoms with Gasteiger partial charge in [0.2, 0.25) is 5.91 Å². The van der Waals surface area contributed by atoms with Crippen molar-refractivity contribution in [3.8, 4) is 0 Å². The molecule has 6 heteroatoms. The molecular formula is C14H23N5O. The Hall–Kier alpha value is -1.69. The number of nitrogens with one attached hydrogen (secondary N) is 1. The van der Waals surface area contributed by atoms with Gasteiger partial charge in [-0.3, -0.25) is 4.79 Å². The van der Waals surface area contributed by atoms with Crippen LogP contribution in [0.25, 0.3) is 0 Å². The molecule has 1 amide bonds. The highest BCUT2D eigenvalue weighted by Gasteiger charge is 2.28. The lowest BCUT2D eigenvalue weighted by molar-refractivity contribution is -0.128. The predicted molar refractivity (Wildman–Crippen MR) is 78.4 cm³/mol. The van der Waals surface area contributed by atoms with Crippen molar-refractivity contribution in [2.75, 3.05) is 26.0 Å². The molecule has 6 nitrogen and oxygen atoms in total. The van der Waals surface area contributed by atoms with E-state index in [4.69, 9.17) is 5.73 Å². The fourth-order valence-corrected chi connectivity index (χ4v) is 2.28. The molecule has 0 saturated heterocycles. The van der Waals surface area contributed by atoms with E-state index in [0.717, 1.165) is 37.3 Å². The van der Waals surface area contributed by atoms with E-state index in [1.165, 1.54) is 0 Å². The number of aromatic nitrogens is 2. The monoisotopic (exact) mass is 277 g/mol. The first kappa shape index (κ1) is 14.7. The smallest absolute Gasteiger partial charge is 0.222 e. The van der Waals surface area contributed by atoms with E-state index in [9.17, 15) is 4.79 Å². The number of carbonyl (C=O) groups excluding carboxylic acids is 1. The van der Waals surface area contributed by atoms with Gasteiger partial charge in [-0.1, -0.05) is 0 Å². The van der Waals surface area contributed by atoms with E-state index in [1.807, 2.05) is 6.07 Å². The Bertz CT molecular complexity index is 457. The Morgan fingerprint density at radius 1 is 1.45 bits per heavy atom. The second-order valence-electron chi connectivity index (χ2n) is 5.58. The molecule has 1 aromatic rings. The quantitative estimate of drug-likeness (QED) is 0.757. The summed E-state index contributed by atoms with van der Waals surface area (Å²) in [5, 5.41) is 3.24. The summed E-state index contributed by atoms with van der Waals surface area (Å²) in [4.78, 5) is 21.6. The van der Waals surface area contributed by atoms with Gasteiger partial charge in [-0.05, 0) is 19.3 Å². The number of rotatable bonds is 6. The van der Waals surface area contributed by atoms with Crippen molar-refractivity contribution in [2.45, 2.75) is 37.6 Å². The Balaban J connectivity index is 1.76. The van der Waals surface area contributed by atoms with Gasteiger partial charge in [0.15, 0.2) is 0 Å². The van der Waals surface area contributed by atoms with Gasteiger partial charge < -0.3 is 16.0 Å². The second kappa shape index (κ2) is 6.65. The van der Waals surface area contributed by atoms with Crippen LogP contribution in [0, 0.1) is 0 Å². The normalized spacial score (nSPS) is 21.1. The summed E-state index contributed by atoms with van der Waals surface area (Å²) in [6.45, 7) is 0.736. The third-order valence-corrected chi connectivity index (χ3v) is 3.65. The molecule has 0 atom stereocenters. The van der Waals surface area contributed by atoms with Crippen molar-refractivity contribution in [2.24, 2.45) is 5.73 Å². The highest BCUT2D eigenvalue weighted by atomic mass is 16.2. The molecule has 1 heterocycles. The highest BCUT2D eigenvalue weighted by molar-refractivity contribution is 5.75. The van der Waals surface area contributed by atoms with Crippen LogP contribution in [0.4, 0.5) is 5.82 Å². The van der Waals surface area contributed by atoms with Crippen molar-refractivity contribution in [1.29, 1.82) is 0 Å². The topological polar surface area (TPSA) is 84.1 Å². The van der Waals surface area contributed by atoms with Crippen LogP contribution in [0.5, 0.6) is 0 Å². The number of nitrogens with zero attached hydrogens (tertiary/aromatic N) is 3. The fraction of sp³-hybridized carbons (Fsp3) is 0.643. The first-order valence-corrected chi connectivity index (χ1v) is 7.08. The van der Waals surface area contributed by atoms with Crippen LogP contribution in [0.1, 0.15) is 37.3 Å². The first-order valence-electron chi connectivity index (χ1n) is 7.08. The molecule has 1 aliphatic rings. The molecule has 2 rings (SSSR count). The molecule has 1 saturated carbocycles. The molecule has 0 bridgehead atoms. The van der Waals surface area contributed by atoms with Crippen LogP contribution in [-0.4, -0.2) is 47.5 Å². The number of hydrogen-bond donors (Lipinski definition) is 2. The van der Waals surface area contributed by atoms with E-state index < -0.39 is 0 Å². The van der Waals surface area contributed by atoms with Crippen LogP contribution < -0.4 is 11.1 Å². The molecule has 0 unspecified atom stereocenters. The van der Waals surface area contributed by atoms with Gasteiger partial charge in [0.05, 0.1) is 0 Å². The van der Waals surface area contributed by atoms with Crippen molar-refractivity contribution in [1.82, 2.24) is 14.9 Å². The van der Waals surface area contributed by atoms with Crippen LogP contribution in [0.2, 0.25) is 0 Å². The molecule has 0 radical (unpaired) electrons. The predicted octanol–water partition coefficient (Wildman–Crippen LogP) is 0.962. The van der Waals surface area contributed by atoms with Crippen LogP contribution in [0.3, 0.4) is 0 Å². The van der Waals surface area contributed by atoms with E-state index in [0.29, 0.717) is 18.4 Å². The minimum absolute atomic E-state index is 0.152. The van der Waals surface area contributed by atoms with Crippen molar-refractivity contribution < 1.29 is 4.79 Å². The number of anilines is 1. The first-order chi connectivity index (χ1) is 9.56. The number of nitrogens with two attached hydrogens (primary N) is 1. The van der Waals surface area contributed by atoms with Gasteiger partial charge in [0, 0.05) is 50.8 Å². The summed E-state index contributed by atoms with van der Waals surface area (Å²) in [7, 11) is 3.55. The molecule has 0 spiro atoms. The Morgan fingerprint density at radius 3 is 2.85 bits per heavy atom. The maximum Gasteiger partial charge on any atom is 0.222 e. The standard InChI is InChI=1S/C14H23N5O/c1-19(2)14(20)4-3-5-16-13-8-12(17-9-18-13)10-6-11(15)7-10/h8-11H,3-7,15H2,1-2H3,(H,16,17,18). The van der Waals surface area contributed by atoms with Gasteiger partial charge in [-0.25, -0.2) is 9.97 Å². The van der Waals surface area contributed by atoms with Crippen molar-refractivity contribution in [3.63, 3.8) is 0 Å². The molecule has 0 aliphatic heterocycles. The third-order valence-electron chi connectivity index (χ3n) is 3.65. The maximum atomic E-state index is 11.4. The van der Waals surface area contributed by atoms with E-state index in [2.05, 4.69) is 15.3 Å². The third kappa shape index (κ3) is 3.90. The lowest BCUT2D eigenvalue weighted by Crippen LogP contribution is -2.35. The summed E-state index contributed by atoms with van der Waals surface area (Å²) >= 11 is 0. The Morgan fingerprint density at radius 2 is 2.20 bits per heavy atom. The molecule has 110 valence electrons. The zero-order chi connectivity index (χ0) is 14.5. The summed E-state index contributed by atoms with van der Waals surface area (Å²) < 4.78 is 0. The minimum atomic E-state index is 0.152. The molecular weight excluding hydrogens is 254 g/mol. The lowest BCUT2D eigenvalue weighted by atomic mass is 9.79. The summed E-state index contributed by atoms with van der Waals surface area (Å²) in [6.07, 6.45) is 4.95.